The summed E-state index contributed by atoms with van der Waals surface area (Å²) in [6.07, 6.45) is 1.14. The normalized spacial score (nSPS) is 19.5. The van der Waals surface area contributed by atoms with Gasteiger partial charge in [-0.25, -0.2) is 13.1 Å². The molecule has 1 aliphatic rings. The van der Waals surface area contributed by atoms with Crippen molar-refractivity contribution in [3.63, 3.8) is 0 Å². The molecular formula is C13H18N2O3S. The zero-order chi connectivity index (χ0) is 14.0. The third kappa shape index (κ3) is 3.33. The van der Waals surface area contributed by atoms with Gasteiger partial charge in [-0.2, -0.15) is 0 Å². The van der Waals surface area contributed by atoms with Gasteiger partial charge in [0.05, 0.1) is 4.90 Å². The van der Waals surface area contributed by atoms with Crippen LogP contribution in [-0.4, -0.2) is 26.9 Å². The number of aryl methyl sites for hydroxylation is 2. The molecular weight excluding hydrogens is 264 g/mol. The maximum absolute atomic E-state index is 12.1. The van der Waals surface area contributed by atoms with Gasteiger partial charge in [0.25, 0.3) is 0 Å². The Morgan fingerprint density at radius 1 is 1.32 bits per heavy atom. The third-order valence-electron chi connectivity index (χ3n) is 3.39. The van der Waals surface area contributed by atoms with Crippen molar-refractivity contribution in [3.8, 4) is 0 Å². The molecule has 19 heavy (non-hydrogen) atoms. The predicted octanol–water partition coefficient (Wildman–Crippen LogP) is 0.860. The van der Waals surface area contributed by atoms with Crippen LogP contribution in [0.25, 0.3) is 0 Å². The van der Waals surface area contributed by atoms with Crippen molar-refractivity contribution in [3.05, 3.63) is 29.3 Å². The summed E-state index contributed by atoms with van der Waals surface area (Å²) in [4.78, 5) is 11.3. The fourth-order valence-corrected chi connectivity index (χ4v) is 3.17. The maximum Gasteiger partial charge on any atom is 0.240 e. The maximum atomic E-state index is 12.1. The van der Waals surface area contributed by atoms with E-state index in [1.165, 1.54) is 0 Å². The largest absolute Gasteiger partial charge is 0.352 e. The van der Waals surface area contributed by atoms with Crippen LogP contribution < -0.4 is 10.0 Å². The van der Waals surface area contributed by atoms with Crippen LogP contribution in [-0.2, 0) is 14.8 Å². The number of rotatable bonds is 4. The molecule has 1 aliphatic heterocycles. The highest BCUT2D eigenvalue weighted by Crippen LogP contribution is 2.15. The Labute approximate surface area is 113 Å². The van der Waals surface area contributed by atoms with Crippen molar-refractivity contribution in [2.24, 2.45) is 0 Å². The van der Waals surface area contributed by atoms with Crippen LogP contribution in [0.2, 0.25) is 0 Å². The molecule has 0 bridgehead atoms. The van der Waals surface area contributed by atoms with Crippen LogP contribution in [0.3, 0.4) is 0 Å². The monoisotopic (exact) mass is 282 g/mol. The van der Waals surface area contributed by atoms with E-state index in [9.17, 15) is 13.2 Å². The van der Waals surface area contributed by atoms with Crippen LogP contribution in [0.5, 0.6) is 0 Å². The average Bonchev–Trinajstić information content (AvgIpc) is 2.76. The molecule has 1 aromatic carbocycles. The van der Waals surface area contributed by atoms with E-state index in [0.29, 0.717) is 12.8 Å². The first kappa shape index (κ1) is 14.0. The molecule has 2 rings (SSSR count). The molecule has 0 aliphatic carbocycles. The molecule has 0 saturated carbocycles. The number of hydrogen-bond donors (Lipinski definition) is 2. The first-order chi connectivity index (χ1) is 8.88. The van der Waals surface area contributed by atoms with Crippen molar-refractivity contribution < 1.29 is 13.2 Å². The first-order valence-electron chi connectivity index (χ1n) is 6.25. The Bertz CT molecular complexity index is 596. The Balaban J connectivity index is 2.05. The lowest BCUT2D eigenvalue weighted by atomic mass is 10.1. The second-order valence-corrected chi connectivity index (χ2v) is 6.67. The minimum atomic E-state index is -3.51. The van der Waals surface area contributed by atoms with E-state index in [2.05, 4.69) is 10.0 Å². The molecule has 104 valence electrons. The number of carbonyl (C=O) groups is 1. The zero-order valence-electron chi connectivity index (χ0n) is 11.1. The molecule has 1 saturated heterocycles. The Hall–Kier alpha value is -1.40. The fourth-order valence-electron chi connectivity index (χ4n) is 2.01. The second kappa shape index (κ2) is 5.30. The number of benzene rings is 1. The average molecular weight is 282 g/mol. The van der Waals surface area contributed by atoms with E-state index >= 15 is 0 Å². The third-order valence-corrected chi connectivity index (χ3v) is 4.81. The van der Waals surface area contributed by atoms with Crippen molar-refractivity contribution >= 4 is 15.9 Å². The lowest BCUT2D eigenvalue weighted by Gasteiger charge is -2.12. The van der Waals surface area contributed by atoms with Crippen molar-refractivity contribution in [2.75, 3.05) is 6.54 Å². The van der Waals surface area contributed by atoms with E-state index in [0.717, 1.165) is 11.1 Å². The van der Waals surface area contributed by atoms with Crippen LogP contribution in [0.1, 0.15) is 24.0 Å². The van der Waals surface area contributed by atoms with Crippen molar-refractivity contribution in [1.29, 1.82) is 0 Å². The van der Waals surface area contributed by atoms with Gasteiger partial charge in [0.1, 0.15) is 0 Å². The number of amides is 1. The SMILES string of the molecule is Cc1ccc(S(=O)(=O)NCC2CCC(=O)N2)cc1C. The zero-order valence-corrected chi connectivity index (χ0v) is 11.9. The van der Waals surface area contributed by atoms with Gasteiger partial charge in [-0.15, -0.1) is 0 Å². The standard InChI is InChI=1S/C13H18N2O3S/c1-9-3-5-12(7-10(9)2)19(17,18)14-8-11-4-6-13(16)15-11/h3,5,7,11,14H,4,6,8H2,1-2H3,(H,15,16). The minimum Gasteiger partial charge on any atom is -0.352 e. The molecule has 0 spiro atoms. The number of carbonyl (C=O) groups excluding carboxylic acids is 1. The van der Waals surface area contributed by atoms with Gasteiger partial charge in [0.2, 0.25) is 15.9 Å². The Morgan fingerprint density at radius 3 is 2.63 bits per heavy atom. The molecule has 5 nitrogen and oxygen atoms in total. The molecule has 1 unspecified atom stereocenters. The molecule has 0 aromatic heterocycles. The summed E-state index contributed by atoms with van der Waals surface area (Å²) in [6, 6.07) is 4.94. The van der Waals surface area contributed by atoms with E-state index in [1.54, 1.807) is 18.2 Å². The predicted molar refractivity (Wildman–Crippen MR) is 72.3 cm³/mol. The summed E-state index contributed by atoms with van der Waals surface area (Å²) in [5, 5.41) is 2.73. The van der Waals surface area contributed by atoms with E-state index in [1.807, 2.05) is 13.8 Å². The summed E-state index contributed by atoms with van der Waals surface area (Å²) in [5.74, 6) is -0.0182. The Kier molecular flexibility index (Phi) is 3.91. The molecule has 6 heteroatoms. The number of sulfonamides is 1. The van der Waals surface area contributed by atoms with E-state index in [-0.39, 0.29) is 23.4 Å². The smallest absolute Gasteiger partial charge is 0.240 e. The lowest BCUT2D eigenvalue weighted by Crippen LogP contribution is -2.38. The fraction of sp³-hybridized carbons (Fsp3) is 0.462. The van der Waals surface area contributed by atoms with E-state index < -0.39 is 10.0 Å². The highest BCUT2D eigenvalue weighted by molar-refractivity contribution is 7.89. The molecule has 1 heterocycles. The highest BCUT2D eigenvalue weighted by Gasteiger charge is 2.23. The van der Waals surface area contributed by atoms with Gasteiger partial charge >= 0.3 is 0 Å². The van der Waals surface area contributed by atoms with Gasteiger partial charge in [-0.3, -0.25) is 4.79 Å². The summed E-state index contributed by atoms with van der Waals surface area (Å²) in [5.41, 5.74) is 2.00. The van der Waals surface area contributed by atoms with Crippen LogP contribution in [0.4, 0.5) is 0 Å². The molecule has 1 amide bonds. The van der Waals surface area contributed by atoms with Gasteiger partial charge in [-0.1, -0.05) is 6.07 Å². The van der Waals surface area contributed by atoms with Crippen molar-refractivity contribution in [2.45, 2.75) is 37.6 Å². The summed E-state index contributed by atoms with van der Waals surface area (Å²) < 4.78 is 26.8. The highest BCUT2D eigenvalue weighted by atomic mass is 32.2. The Morgan fingerprint density at radius 2 is 2.05 bits per heavy atom. The minimum absolute atomic E-state index is 0.0182. The van der Waals surface area contributed by atoms with Gasteiger partial charge < -0.3 is 5.32 Å². The van der Waals surface area contributed by atoms with Crippen LogP contribution >= 0.6 is 0 Å². The summed E-state index contributed by atoms with van der Waals surface area (Å²) in [6.45, 7) is 4.06. The van der Waals surface area contributed by atoms with Crippen LogP contribution in [0, 0.1) is 13.8 Å². The van der Waals surface area contributed by atoms with Crippen LogP contribution in [0.15, 0.2) is 23.1 Å². The van der Waals surface area contributed by atoms with Gasteiger partial charge in [0.15, 0.2) is 0 Å². The topological polar surface area (TPSA) is 75.3 Å². The van der Waals surface area contributed by atoms with Gasteiger partial charge in [0, 0.05) is 19.0 Å². The van der Waals surface area contributed by atoms with Gasteiger partial charge in [-0.05, 0) is 43.5 Å². The molecule has 2 N–H and O–H groups in total. The molecule has 1 atom stereocenters. The lowest BCUT2D eigenvalue weighted by molar-refractivity contribution is -0.119. The number of hydrogen-bond acceptors (Lipinski definition) is 3. The number of nitrogens with one attached hydrogen (secondary N) is 2. The summed E-state index contributed by atoms with van der Waals surface area (Å²) >= 11 is 0. The molecule has 0 radical (unpaired) electrons. The van der Waals surface area contributed by atoms with E-state index in [4.69, 9.17) is 0 Å². The second-order valence-electron chi connectivity index (χ2n) is 4.90. The molecule has 1 fully saturated rings. The first-order valence-corrected chi connectivity index (χ1v) is 7.73. The quantitative estimate of drug-likeness (QED) is 0.860. The molecule has 1 aromatic rings. The van der Waals surface area contributed by atoms with Crippen molar-refractivity contribution in [1.82, 2.24) is 10.0 Å². The summed E-state index contributed by atoms with van der Waals surface area (Å²) in [7, 11) is -3.51.